The van der Waals surface area contributed by atoms with Crippen LogP contribution in [0.5, 0.6) is 0 Å². The first-order valence-electron chi connectivity index (χ1n) is 6.52. The zero-order valence-electron chi connectivity index (χ0n) is 11.2. The topological polar surface area (TPSA) is 71.0 Å². The number of rotatable bonds is 3. The highest BCUT2D eigenvalue weighted by Gasteiger charge is 2.15. The van der Waals surface area contributed by atoms with Gasteiger partial charge in [0.05, 0.1) is 29.3 Å². The number of hydrogen-bond donors (Lipinski definition) is 1. The maximum atomic E-state index is 12.0. The Labute approximate surface area is 120 Å². The number of hydrogen-bond acceptors (Lipinski definition) is 6. The fraction of sp³-hybridized carbons (Fsp3) is 0.385. The molecule has 3 heterocycles. The van der Waals surface area contributed by atoms with E-state index in [9.17, 15) is 4.79 Å². The summed E-state index contributed by atoms with van der Waals surface area (Å²) in [6.07, 6.45) is 5.67. The van der Waals surface area contributed by atoms with Gasteiger partial charge in [-0.05, 0) is 19.8 Å². The standard InChI is InChI=1S/C13H15N5OS/c1-9-11(20-8-16-9)12(19)17-10-6-14-13(15-7-10)18-4-2-3-5-18/h6-8H,2-5H2,1H3,(H,17,19). The van der Waals surface area contributed by atoms with Gasteiger partial charge in [-0.15, -0.1) is 11.3 Å². The summed E-state index contributed by atoms with van der Waals surface area (Å²) in [6.45, 7) is 3.83. The van der Waals surface area contributed by atoms with Crippen molar-refractivity contribution in [2.45, 2.75) is 19.8 Å². The summed E-state index contributed by atoms with van der Waals surface area (Å²) < 4.78 is 0. The minimum absolute atomic E-state index is 0.164. The SMILES string of the molecule is Cc1ncsc1C(=O)Nc1cnc(N2CCCC2)nc1. The lowest BCUT2D eigenvalue weighted by Gasteiger charge is -2.14. The lowest BCUT2D eigenvalue weighted by molar-refractivity contribution is 0.102. The second kappa shape index (κ2) is 5.54. The zero-order chi connectivity index (χ0) is 13.9. The van der Waals surface area contributed by atoms with Crippen molar-refractivity contribution in [1.82, 2.24) is 15.0 Å². The Balaban J connectivity index is 1.69. The first kappa shape index (κ1) is 13.0. The number of thiazole rings is 1. The van der Waals surface area contributed by atoms with Gasteiger partial charge in [0.2, 0.25) is 5.95 Å². The Morgan fingerprint density at radius 1 is 1.25 bits per heavy atom. The molecule has 2 aromatic rings. The van der Waals surface area contributed by atoms with Crippen LogP contribution < -0.4 is 10.2 Å². The van der Waals surface area contributed by atoms with Crippen LogP contribution in [-0.2, 0) is 0 Å². The predicted molar refractivity (Wildman–Crippen MR) is 78.3 cm³/mol. The molecule has 0 unspecified atom stereocenters. The van der Waals surface area contributed by atoms with Gasteiger partial charge in [-0.3, -0.25) is 4.79 Å². The molecule has 0 saturated carbocycles. The highest BCUT2D eigenvalue weighted by atomic mass is 32.1. The molecule has 1 N–H and O–H groups in total. The average Bonchev–Trinajstić information content (AvgIpc) is 3.10. The number of amides is 1. The lowest BCUT2D eigenvalue weighted by atomic mass is 10.3. The minimum Gasteiger partial charge on any atom is -0.341 e. The molecule has 104 valence electrons. The van der Waals surface area contributed by atoms with Gasteiger partial charge in [0.25, 0.3) is 5.91 Å². The molecule has 1 fully saturated rings. The van der Waals surface area contributed by atoms with Crippen LogP contribution in [0.25, 0.3) is 0 Å². The highest BCUT2D eigenvalue weighted by molar-refractivity contribution is 7.12. The Kier molecular flexibility index (Phi) is 3.60. The normalized spacial score (nSPS) is 14.6. The zero-order valence-corrected chi connectivity index (χ0v) is 12.0. The van der Waals surface area contributed by atoms with Gasteiger partial charge in [0.1, 0.15) is 4.88 Å². The number of nitrogens with zero attached hydrogens (tertiary/aromatic N) is 4. The Morgan fingerprint density at radius 3 is 2.55 bits per heavy atom. The summed E-state index contributed by atoms with van der Waals surface area (Å²) in [5.74, 6) is 0.567. The van der Waals surface area contributed by atoms with Gasteiger partial charge in [-0.1, -0.05) is 0 Å². The number of aryl methyl sites for hydroxylation is 1. The Morgan fingerprint density at radius 2 is 1.95 bits per heavy atom. The summed E-state index contributed by atoms with van der Waals surface area (Å²) in [5.41, 5.74) is 3.00. The van der Waals surface area contributed by atoms with Crippen LogP contribution in [0.3, 0.4) is 0 Å². The molecule has 1 aliphatic rings. The summed E-state index contributed by atoms with van der Waals surface area (Å²) >= 11 is 1.33. The van der Waals surface area contributed by atoms with Crippen LogP contribution in [0.4, 0.5) is 11.6 Å². The van der Waals surface area contributed by atoms with Gasteiger partial charge >= 0.3 is 0 Å². The number of carbonyl (C=O) groups is 1. The monoisotopic (exact) mass is 289 g/mol. The molecular weight excluding hydrogens is 274 g/mol. The van der Waals surface area contributed by atoms with E-state index in [0.29, 0.717) is 10.6 Å². The molecule has 0 aliphatic carbocycles. The average molecular weight is 289 g/mol. The van der Waals surface area contributed by atoms with Crippen molar-refractivity contribution < 1.29 is 4.79 Å². The van der Waals surface area contributed by atoms with Gasteiger partial charge in [0, 0.05) is 13.1 Å². The van der Waals surface area contributed by atoms with Gasteiger partial charge < -0.3 is 10.2 Å². The third-order valence-electron chi connectivity index (χ3n) is 3.24. The maximum absolute atomic E-state index is 12.0. The molecule has 6 nitrogen and oxygen atoms in total. The van der Waals surface area contributed by atoms with E-state index >= 15 is 0 Å². The molecule has 0 spiro atoms. The quantitative estimate of drug-likeness (QED) is 0.937. The van der Waals surface area contributed by atoms with Crippen molar-refractivity contribution in [2.24, 2.45) is 0 Å². The van der Waals surface area contributed by atoms with E-state index in [4.69, 9.17) is 0 Å². The van der Waals surface area contributed by atoms with Crippen LogP contribution in [-0.4, -0.2) is 33.9 Å². The van der Waals surface area contributed by atoms with E-state index < -0.39 is 0 Å². The third-order valence-corrected chi connectivity index (χ3v) is 4.16. The fourth-order valence-corrected chi connectivity index (χ4v) is 2.87. The van der Waals surface area contributed by atoms with E-state index in [-0.39, 0.29) is 5.91 Å². The summed E-state index contributed by atoms with van der Waals surface area (Å²) in [7, 11) is 0. The summed E-state index contributed by atoms with van der Waals surface area (Å²) in [6, 6.07) is 0. The molecular formula is C13H15N5OS. The van der Waals surface area contributed by atoms with E-state index in [1.165, 1.54) is 24.2 Å². The van der Waals surface area contributed by atoms with Crippen LogP contribution in [0.15, 0.2) is 17.9 Å². The van der Waals surface area contributed by atoms with Gasteiger partial charge in [0.15, 0.2) is 0 Å². The van der Waals surface area contributed by atoms with Crippen molar-refractivity contribution in [3.8, 4) is 0 Å². The van der Waals surface area contributed by atoms with E-state index in [1.54, 1.807) is 17.9 Å². The molecule has 7 heteroatoms. The first-order valence-corrected chi connectivity index (χ1v) is 7.40. The molecule has 0 radical (unpaired) electrons. The number of anilines is 2. The molecule has 2 aromatic heterocycles. The molecule has 1 aliphatic heterocycles. The molecule has 0 bridgehead atoms. The summed E-state index contributed by atoms with van der Waals surface area (Å²) in [5, 5.41) is 2.79. The van der Waals surface area contributed by atoms with Crippen LogP contribution in [0.1, 0.15) is 28.2 Å². The second-order valence-electron chi connectivity index (χ2n) is 4.69. The van der Waals surface area contributed by atoms with Gasteiger partial charge in [-0.25, -0.2) is 15.0 Å². The van der Waals surface area contributed by atoms with Gasteiger partial charge in [-0.2, -0.15) is 0 Å². The first-order chi connectivity index (χ1) is 9.74. The molecule has 20 heavy (non-hydrogen) atoms. The third kappa shape index (κ3) is 2.62. The number of aromatic nitrogens is 3. The van der Waals surface area contributed by atoms with E-state index in [1.807, 2.05) is 6.92 Å². The highest BCUT2D eigenvalue weighted by Crippen LogP contribution is 2.18. The van der Waals surface area contributed by atoms with Crippen LogP contribution >= 0.6 is 11.3 Å². The summed E-state index contributed by atoms with van der Waals surface area (Å²) in [4.78, 5) is 27.5. The molecule has 1 saturated heterocycles. The second-order valence-corrected chi connectivity index (χ2v) is 5.54. The van der Waals surface area contributed by atoms with Crippen LogP contribution in [0, 0.1) is 6.92 Å². The lowest BCUT2D eigenvalue weighted by Crippen LogP contribution is -2.20. The van der Waals surface area contributed by atoms with E-state index in [2.05, 4.69) is 25.2 Å². The Hall–Kier alpha value is -2.02. The smallest absolute Gasteiger partial charge is 0.267 e. The largest absolute Gasteiger partial charge is 0.341 e. The predicted octanol–water partition coefficient (Wildman–Crippen LogP) is 2.09. The molecule has 0 aromatic carbocycles. The Bertz CT molecular complexity index is 603. The maximum Gasteiger partial charge on any atom is 0.267 e. The molecule has 3 rings (SSSR count). The van der Waals surface area contributed by atoms with Crippen molar-refractivity contribution in [2.75, 3.05) is 23.3 Å². The number of nitrogens with one attached hydrogen (secondary N) is 1. The number of carbonyl (C=O) groups excluding carboxylic acids is 1. The van der Waals surface area contributed by atoms with Crippen LogP contribution in [0.2, 0.25) is 0 Å². The van der Waals surface area contributed by atoms with E-state index in [0.717, 1.165) is 24.7 Å². The molecule has 0 atom stereocenters. The fourth-order valence-electron chi connectivity index (χ4n) is 2.17. The van der Waals surface area contributed by atoms with Crippen molar-refractivity contribution in [3.05, 3.63) is 28.5 Å². The van der Waals surface area contributed by atoms with Crippen molar-refractivity contribution >= 4 is 28.9 Å². The van der Waals surface area contributed by atoms with Crippen molar-refractivity contribution in [1.29, 1.82) is 0 Å². The minimum atomic E-state index is -0.164. The molecule has 1 amide bonds. The van der Waals surface area contributed by atoms with Crippen molar-refractivity contribution in [3.63, 3.8) is 0 Å².